The van der Waals surface area contributed by atoms with E-state index in [1.807, 2.05) is 0 Å². The first-order valence-corrected chi connectivity index (χ1v) is 8.06. The van der Waals surface area contributed by atoms with Gasteiger partial charge in [0.25, 0.3) is 0 Å². The summed E-state index contributed by atoms with van der Waals surface area (Å²) in [6, 6.07) is 9.11. The van der Waals surface area contributed by atoms with Crippen LogP contribution in [0.15, 0.2) is 24.3 Å². The Labute approximate surface area is 123 Å². The molecule has 1 N–H and O–H groups in total. The van der Waals surface area contributed by atoms with E-state index < -0.39 is 0 Å². The molecular weight excluding hydrogens is 246 g/mol. The van der Waals surface area contributed by atoms with Gasteiger partial charge in [-0.25, -0.2) is 0 Å². The van der Waals surface area contributed by atoms with Gasteiger partial charge < -0.3 is 10.1 Å². The predicted molar refractivity (Wildman–Crippen MR) is 85.2 cm³/mol. The number of aryl methyl sites for hydroxylation is 1. The zero-order valence-corrected chi connectivity index (χ0v) is 13.0. The molecule has 1 aliphatic rings. The standard InChI is InChI=1S/C18H29NO/c1-15-7-9-17(10-8-15)18(14-19-11-12-20-2)13-16-5-3-4-6-16/h7-10,16,18-19H,3-6,11-14H2,1-2H3. The summed E-state index contributed by atoms with van der Waals surface area (Å²) in [6.45, 7) is 4.98. The van der Waals surface area contributed by atoms with Crippen molar-refractivity contribution in [1.29, 1.82) is 0 Å². The molecule has 0 radical (unpaired) electrons. The highest BCUT2D eigenvalue weighted by Gasteiger charge is 2.21. The molecule has 0 saturated heterocycles. The SMILES string of the molecule is COCCNCC(CC1CCCC1)c1ccc(C)cc1. The molecule has 2 heteroatoms. The van der Waals surface area contributed by atoms with Crippen LogP contribution < -0.4 is 5.32 Å². The van der Waals surface area contributed by atoms with E-state index in [4.69, 9.17) is 4.74 Å². The minimum Gasteiger partial charge on any atom is -0.383 e. The molecule has 2 nitrogen and oxygen atoms in total. The zero-order valence-electron chi connectivity index (χ0n) is 13.0. The summed E-state index contributed by atoms with van der Waals surface area (Å²) >= 11 is 0. The molecular formula is C18H29NO. The van der Waals surface area contributed by atoms with Gasteiger partial charge in [0.15, 0.2) is 0 Å². The fourth-order valence-corrected chi connectivity index (χ4v) is 3.27. The van der Waals surface area contributed by atoms with Crippen LogP contribution in [0.1, 0.15) is 49.1 Å². The molecule has 0 amide bonds. The van der Waals surface area contributed by atoms with Crippen LogP contribution in [0.4, 0.5) is 0 Å². The second-order valence-electron chi connectivity index (χ2n) is 6.19. The van der Waals surface area contributed by atoms with E-state index in [1.54, 1.807) is 7.11 Å². The van der Waals surface area contributed by atoms with E-state index in [0.29, 0.717) is 5.92 Å². The fraction of sp³-hybridized carbons (Fsp3) is 0.667. The van der Waals surface area contributed by atoms with Gasteiger partial charge in [-0.05, 0) is 30.7 Å². The summed E-state index contributed by atoms with van der Waals surface area (Å²) < 4.78 is 5.12. The lowest BCUT2D eigenvalue weighted by atomic mass is 9.87. The van der Waals surface area contributed by atoms with Crippen LogP contribution in [0.25, 0.3) is 0 Å². The molecule has 1 fully saturated rings. The van der Waals surface area contributed by atoms with Crippen LogP contribution in [0.5, 0.6) is 0 Å². The van der Waals surface area contributed by atoms with Crippen LogP contribution in [0.2, 0.25) is 0 Å². The van der Waals surface area contributed by atoms with Crippen LogP contribution in [-0.2, 0) is 4.74 Å². The molecule has 1 saturated carbocycles. The quantitative estimate of drug-likeness (QED) is 0.727. The van der Waals surface area contributed by atoms with E-state index >= 15 is 0 Å². The van der Waals surface area contributed by atoms with E-state index in [0.717, 1.165) is 25.6 Å². The predicted octanol–water partition coefficient (Wildman–Crippen LogP) is 3.89. The maximum atomic E-state index is 5.12. The second-order valence-corrected chi connectivity index (χ2v) is 6.19. The Hall–Kier alpha value is -0.860. The third-order valence-corrected chi connectivity index (χ3v) is 4.52. The van der Waals surface area contributed by atoms with Gasteiger partial charge in [-0.3, -0.25) is 0 Å². The molecule has 0 bridgehead atoms. The van der Waals surface area contributed by atoms with Gasteiger partial charge in [0, 0.05) is 20.2 Å². The van der Waals surface area contributed by atoms with Crippen molar-refractivity contribution >= 4 is 0 Å². The summed E-state index contributed by atoms with van der Waals surface area (Å²) in [7, 11) is 1.76. The Morgan fingerprint density at radius 2 is 1.90 bits per heavy atom. The maximum Gasteiger partial charge on any atom is 0.0587 e. The molecule has 1 aromatic carbocycles. The van der Waals surface area contributed by atoms with Gasteiger partial charge >= 0.3 is 0 Å². The highest BCUT2D eigenvalue weighted by atomic mass is 16.5. The molecule has 20 heavy (non-hydrogen) atoms. The van der Waals surface area contributed by atoms with E-state index in [2.05, 4.69) is 36.5 Å². The molecule has 1 aromatic rings. The van der Waals surface area contributed by atoms with Crippen molar-refractivity contribution in [3.63, 3.8) is 0 Å². The largest absolute Gasteiger partial charge is 0.383 e. The van der Waals surface area contributed by atoms with Gasteiger partial charge in [-0.1, -0.05) is 55.5 Å². The lowest BCUT2D eigenvalue weighted by molar-refractivity contribution is 0.198. The molecule has 1 unspecified atom stereocenters. The molecule has 2 rings (SSSR count). The van der Waals surface area contributed by atoms with Crippen LogP contribution >= 0.6 is 0 Å². The van der Waals surface area contributed by atoms with Crippen LogP contribution in [0, 0.1) is 12.8 Å². The Kier molecular flexibility index (Phi) is 6.55. The number of hydrogen-bond acceptors (Lipinski definition) is 2. The molecule has 0 aromatic heterocycles. The lowest BCUT2D eigenvalue weighted by Crippen LogP contribution is -2.26. The summed E-state index contributed by atoms with van der Waals surface area (Å²) in [5, 5.41) is 3.55. The molecule has 112 valence electrons. The Morgan fingerprint density at radius 3 is 2.55 bits per heavy atom. The molecule has 1 aliphatic carbocycles. The number of hydrogen-bond donors (Lipinski definition) is 1. The second kappa shape index (κ2) is 8.43. The third-order valence-electron chi connectivity index (χ3n) is 4.52. The normalized spacial score (nSPS) is 17.5. The maximum absolute atomic E-state index is 5.12. The zero-order chi connectivity index (χ0) is 14.2. The van der Waals surface area contributed by atoms with Crippen molar-refractivity contribution in [2.24, 2.45) is 5.92 Å². The fourth-order valence-electron chi connectivity index (χ4n) is 3.27. The van der Waals surface area contributed by atoms with Crippen LogP contribution in [0.3, 0.4) is 0 Å². The monoisotopic (exact) mass is 275 g/mol. The first-order chi connectivity index (χ1) is 9.79. The highest BCUT2D eigenvalue weighted by Crippen LogP contribution is 2.33. The van der Waals surface area contributed by atoms with Crippen molar-refractivity contribution in [2.75, 3.05) is 26.8 Å². The molecule has 1 atom stereocenters. The summed E-state index contributed by atoms with van der Waals surface area (Å²) in [5.74, 6) is 1.58. The van der Waals surface area contributed by atoms with Gasteiger partial charge in [0.2, 0.25) is 0 Å². The summed E-state index contributed by atoms with van der Waals surface area (Å²) in [6.07, 6.45) is 7.06. The average Bonchev–Trinajstić information content (AvgIpc) is 2.96. The Bertz CT molecular complexity index is 368. The average molecular weight is 275 g/mol. The number of benzene rings is 1. The number of ether oxygens (including phenoxy) is 1. The number of nitrogens with one attached hydrogen (secondary N) is 1. The van der Waals surface area contributed by atoms with Gasteiger partial charge in [0.05, 0.1) is 6.61 Å². The van der Waals surface area contributed by atoms with E-state index in [-0.39, 0.29) is 0 Å². The topological polar surface area (TPSA) is 21.3 Å². The van der Waals surface area contributed by atoms with Crippen molar-refractivity contribution in [2.45, 2.75) is 44.9 Å². The van der Waals surface area contributed by atoms with E-state index in [1.165, 1.54) is 43.2 Å². The van der Waals surface area contributed by atoms with Crippen molar-refractivity contribution in [3.05, 3.63) is 35.4 Å². The third kappa shape index (κ3) is 4.92. The van der Waals surface area contributed by atoms with Crippen molar-refractivity contribution in [3.8, 4) is 0 Å². The van der Waals surface area contributed by atoms with Gasteiger partial charge in [-0.15, -0.1) is 0 Å². The highest BCUT2D eigenvalue weighted by molar-refractivity contribution is 5.25. The minimum atomic E-state index is 0.649. The summed E-state index contributed by atoms with van der Waals surface area (Å²) in [5.41, 5.74) is 2.84. The molecule has 0 spiro atoms. The summed E-state index contributed by atoms with van der Waals surface area (Å²) in [4.78, 5) is 0. The number of rotatable bonds is 8. The van der Waals surface area contributed by atoms with E-state index in [9.17, 15) is 0 Å². The van der Waals surface area contributed by atoms with Gasteiger partial charge in [0.1, 0.15) is 0 Å². The Morgan fingerprint density at radius 1 is 1.20 bits per heavy atom. The first-order valence-electron chi connectivity index (χ1n) is 8.06. The van der Waals surface area contributed by atoms with Crippen molar-refractivity contribution in [1.82, 2.24) is 5.32 Å². The van der Waals surface area contributed by atoms with Gasteiger partial charge in [-0.2, -0.15) is 0 Å². The number of methoxy groups -OCH3 is 1. The van der Waals surface area contributed by atoms with Crippen molar-refractivity contribution < 1.29 is 4.74 Å². The molecule has 0 aliphatic heterocycles. The first kappa shape index (κ1) is 15.5. The molecule has 0 heterocycles. The lowest BCUT2D eigenvalue weighted by Gasteiger charge is -2.22. The minimum absolute atomic E-state index is 0.649. The van der Waals surface area contributed by atoms with Crippen LogP contribution in [-0.4, -0.2) is 26.8 Å². The Balaban J connectivity index is 1.92. The smallest absolute Gasteiger partial charge is 0.0587 e.